The zero-order valence-electron chi connectivity index (χ0n) is 17.4. The number of rotatable bonds is 6. The molecule has 0 aromatic heterocycles. The Morgan fingerprint density at radius 3 is 2.27 bits per heavy atom. The number of anilines is 1. The van der Waals surface area contributed by atoms with Gasteiger partial charge in [0.1, 0.15) is 0 Å². The fourth-order valence-electron chi connectivity index (χ4n) is 2.98. The van der Waals surface area contributed by atoms with Crippen LogP contribution in [0.4, 0.5) is 11.4 Å². The summed E-state index contributed by atoms with van der Waals surface area (Å²) in [7, 11) is -4.05. The predicted molar refractivity (Wildman–Crippen MR) is 128 cm³/mol. The van der Waals surface area contributed by atoms with E-state index in [1.807, 2.05) is 37.3 Å². The lowest BCUT2D eigenvalue weighted by atomic mass is 10.2. The summed E-state index contributed by atoms with van der Waals surface area (Å²) in [5, 5.41) is 19.2. The van der Waals surface area contributed by atoms with Gasteiger partial charge >= 0.3 is 0 Å². The van der Waals surface area contributed by atoms with Crippen LogP contribution in [-0.2, 0) is 27.7 Å². The topological polar surface area (TPSA) is 118 Å². The Kier molecular flexibility index (Phi) is 6.83. The van der Waals surface area contributed by atoms with Gasteiger partial charge in [0.25, 0.3) is 10.0 Å². The smallest absolute Gasteiger partial charge is 0.284 e. The Labute approximate surface area is 198 Å². The molecule has 0 radical (unpaired) electrons. The standard InChI is InChI=1S/C21H20N4O5S3/c1-16-7-13-20(14-8-16)33(29,30)22-21-23(15-17-5-3-2-4-6-17)32(28)25(31-21)19-11-9-18(10-12-19)24(26)27/h2-14,24,26H,15H2,1H3/t32-/m0/s1. The molecule has 33 heavy (non-hydrogen) atoms. The van der Waals surface area contributed by atoms with Crippen molar-refractivity contribution in [1.82, 2.24) is 4.31 Å². The molecule has 1 unspecified atom stereocenters. The first-order chi connectivity index (χ1) is 15.7. The largest absolute Gasteiger partial charge is 0.595 e. The van der Waals surface area contributed by atoms with Crippen molar-refractivity contribution in [2.75, 3.05) is 3.71 Å². The van der Waals surface area contributed by atoms with Crippen LogP contribution in [0.5, 0.6) is 0 Å². The van der Waals surface area contributed by atoms with Gasteiger partial charge < -0.3 is 5.21 Å². The number of hydrogen-bond donors (Lipinski definition) is 2. The van der Waals surface area contributed by atoms with Gasteiger partial charge in [-0.05, 0) is 36.8 Å². The van der Waals surface area contributed by atoms with E-state index in [1.54, 1.807) is 12.1 Å². The van der Waals surface area contributed by atoms with Crippen LogP contribution < -0.4 is 8.94 Å². The Bertz CT molecular complexity index is 1280. The highest BCUT2D eigenvalue weighted by molar-refractivity contribution is 8.26. The lowest BCUT2D eigenvalue weighted by Crippen LogP contribution is -2.99. The summed E-state index contributed by atoms with van der Waals surface area (Å²) in [6, 6.07) is 21.4. The highest BCUT2D eigenvalue weighted by Crippen LogP contribution is 2.36. The van der Waals surface area contributed by atoms with Gasteiger partial charge in [-0.2, -0.15) is 13.6 Å². The minimum Gasteiger partial charge on any atom is -0.595 e. The second-order valence-corrected chi connectivity index (χ2v) is 11.1. The Balaban J connectivity index is 1.71. The number of hydrogen-bond acceptors (Lipinski definition) is 6. The maximum absolute atomic E-state index is 13.4. The van der Waals surface area contributed by atoms with Crippen LogP contribution in [0.25, 0.3) is 0 Å². The molecule has 1 fully saturated rings. The van der Waals surface area contributed by atoms with Gasteiger partial charge in [0.2, 0.25) is 16.3 Å². The number of aryl methyl sites for hydroxylation is 1. The minimum absolute atomic E-state index is 0.0379. The van der Waals surface area contributed by atoms with Crippen molar-refractivity contribution in [3.63, 3.8) is 0 Å². The summed E-state index contributed by atoms with van der Waals surface area (Å²) in [6.07, 6.45) is 0. The summed E-state index contributed by atoms with van der Waals surface area (Å²) in [5.41, 5.74) is 2.29. The number of nitrogens with zero attached hydrogens (tertiary/aromatic N) is 3. The van der Waals surface area contributed by atoms with E-state index in [1.165, 1.54) is 44.4 Å². The number of amidine groups is 1. The predicted octanol–water partition coefficient (Wildman–Crippen LogP) is 2.69. The molecule has 0 spiro atoms. The molecule has 1 aliphatic rings. The summed E-state index contributed by atoms with van der Waals surface area (Å²) >= 11 is -0.884. The molecule has 2 N–H and O–H groups in total. The fraction of sp³-hybridized carbons (Fsp3) is 0.0952. The van der Waals surface area contributed by atoms with Gasteiger partial charge in [-0.25, -0.2) is 17.4 Å². The third kappa shape index (κ3) is 5.27. The van der Waals surface area contributed by atoms with E-state index in [4.69, 9.17) is 5.21 Å². The molecule has 172 valence electrons. The van der Waals surface area contributed by atoms with Crippen molar-refractivity contribution in [1.29, 1.82) is 0 Å². The Morgan fingerprint density at radius 2 is 1.67 bits per heavy atom. The van der Waals surface area contributed by atoms with E-state index in [-0.39, 0.29) is 22.3 Å². The quantitative estimate of drug-likeness (QED) is 0.394. The lowest BCUT2D eigenvalue weighted by Gasteiger charge is -2.18. The van der Waals surface area contributed by atoms with Crippen molar-refractivity contribution in [3.8, 4) is 0 Å². The molecule has 1 saturated heterocycles. The van der Waals surface area contributed by atoms with E-state index in [2.05, 4.69) is 4.40 Å². The van der Waals surface area contributed by atoms with E-state index in [0.29, 0.717) is 5.69 Å². The molecule has 12 heteroatoms. The minimum atomic E-state index is -4.05. The maximum atomic E-state index is 13.4. The van der Waals surface area contributed by atoms with Crippen molar-refractivity contribution in [2.24, 2.45) is 4.40 Å². The molecule has 0 saturated carbocycles. The van der Waals surface area contributed by atoms with Crippen LogP contribution in [0, 0.1) is 12.1 Å². The average molecular weight is 505 g/mol. The van der Waals surface area contributed by atoms with Gasteiger partial charge in [-0.15, -0.1) is 4.40 Å². The second kappa shape index (κ2) is 9.63. The van der Waals surface area contributed by atoms with Crippen LogP contribution in [0.2, 0.25) is 0 Å². The zero-order chi connectivity index (χ0) is 23.6. The van der Waals surface area contributed by atoms with Gasteiger partial charge in [0.05, 0.1) is 17.1 Å². The molecule has 1 heterocycles. The fourth-order valence-corrected chi connectivity index (χ4v) is 6.78. The molecule has 0 bridgehead atoms. The van der Waals surface area contributed by atoms with E-state index < -0.39 is 26.4 Å². The molecule has 3 aromatic carbocycles. The van der Waals surface area contributed by atoms with Gasteiger partial charge in [0, 0.05) is 24.1 Å². The highest BCUT2D eigenvalue weighted by atomic mass is 32.3. The molecule has 9 nitrogen and oxygen atoms in total. The molecular weight excluding hydrogens is 484 g/mol. The van der Waals surface area contributed by atoms with E-state index in [0.717, 1.165) is 23.1 Å². The first kappa shape index (κ1) is 23.4. The first-order valence-electron chi connectivity index (χ1n) is 9.71. The summed E-state index contributed by atoms with van der Waals surface area (Å²) < 4.78 is 46.1. The highest BCUT2D eigenvalue weighted by Gasteiger charge is 2.37. The summed E-state index contributed by atoms with van der Waals surface area (Å²) in [5.74, 6) is 0. The van der Waals surface area contributed by atoms with Crippen LogP contribution in [0.3, 0.4) is 0 Å². The van der Waals surface area contributed by atoms with Crippen LogP contribution in [-0.4, -0.2) is 27.3 Å². The second-order valence-electron chi connectivity index (χ2n) is 7.12. The van der Waals surface area contributed by atoms with Crippen molar-refractivity contribution >= 4 is 49.7 Å². The SMILES string of the molecule is Cc1ccc(S(=O)(=O)N=C2SN(c3ccc([NH+]([O-])O)cc3)[S@@](=O)N2Cc2ccccc2)cc1. The van der Waals surface area contributed by atoms with Gasteiger partial charge in [-0.1, -0.05) is 48.0 Å². The number of sulfonamides is 1. The lowest BCUT2D eigenvalue weighted by molar-refractivity contribution is -0.991. The van der Waals surface area contributed by atoms with Crippen LogP contribution in [0.1, 0.15) is 11.1 Å². The van der Waals surface area contributed by atoms with E-state index >= 15 is 0 Å². The zero-order valence-corrected chi connectivity index (χ0v) is 19.8. The molecule has 2 atom stereocenters. The Hall–Kier alpha value is -2.74. The van der Waals surface area contributed by atoms with Crippen molar-refractivity contribution in [3.05, 3.63) is 95.2 Å². The summed E-state index contributed by atoms with van der Waals surface area (Å²) in [4.78, 5) is 0.0379. The molecule has 1 aliphatic heterocycles. The number of benzene rings is 3. The third-order valence-corrected chi connectivity index (χ3v) is 8.86. The van der Waals surface area contributed by atoms with Crippen LogP contribution >= 0.6 is 11.9 Å². The maximum Gasteiger partial charge on any atom is 0.284 e. The molecular formula is C21H20N4O5S3. The molecule has 4 rings (SSSR count). The third-order valence-electron chi connectivity index (χ3n) is 4.72. The van der Waals surface area contributed by atoms with Gasteiger partial charge in [0.15, 0.2) is 5.69 Å². The Morgan fingerprint density at radius 1 is 1.03 bits per heavy atom. The van der Waals surface area contributed by atoms with Crippen LogP contribution in [0.15, 0.2) is 88.2 Å². The first-order valence-corrected chi connectivity index (χ1v) is 13.0. The van der Waals surface area contributed by atoms with E-state index in [9.17, 15) is 17.8 Å². The van der Waals surface area contributed by atoms with Crippen molar-refractivity contribution < 1.29 is 23.1 Å². The number of quaternary nitrogens is 1. The molecule has 3 aromatic rings. The number of nitrogens with one attached hydrogen (secondary N) is 1. The average Bonchev–Trinajstić information content (AvgIpc) is 3.09. The van der Waals surface area contributed by atoms with Crippen molar-refractivity contribution in [2.45, 2.75) is 18.4 Å². The normalized spacial score (nSPS) is 18.6. The monoisotopic (exact) mass is 504 g/mol. The summed E-state index contributed by atoms with van der Waals surface area (Å²) in [6.45, 7) is 2.03. The molecule has 0 aliphatic carbocycles. The molecule has 0 amide bonds. The van der Waals surface area contributed by atoms with Gasteiger partial charge in [-0.3, -0.25) is 0 Å².